The van der Waals surface area contributed by atoms with Gasteiger partial charge in [-0.2, -0.15) is 0 Å². The van der Waals surface area contributed by atoms with E-state index in [9.17, 15) is 9.59 Å². The van der Waals surface area contributed by atoms with Gasteiger partial charge in [0.05, 0.1) is 17.8 Å². The number of hydrogen-bond donors (Lipinski definition) is 1. The number of carbonyl (C=O) groups excluding carboxylic acids is 1. The summed E-state index contributed by atoms with van der Waals surface area (Å²) in [6, 6.07) is 5.56. The molecule has 0 atom stereocenters. The van der Waals surface area contributed by atoms with Crippen LogP contribution in [0.15, 0.2) is 32.8 Å². The Morgan fingerprint density at radius 1 is 1.43 bits per heavy atom. The van der Waals surface area contributed by atoms with E-state index >= 15 is 0 Å². The second kappa shape index (κ2) is 6.37. The molecule has 0 fully saturated rings. The molecule has 0 unspecified atom stereocenters. The first-order valence-electron chi connectivity index (χ1n) is 7.39. The Kier molecular flexibility index (Phi) is 4.29. The average Bonchev–Trinajstić information content (AvgIpc) is 3.11. The van der Waals surface area contributed by atoms with Gasteiger partial charge in [0, 0.05) is 24.4 Å². The molecule has 0 aliphatic heterocycles. The Balaban J connectivity index is 1.80. The summed E-state index contributed by atoms with van der Waals surface area (Å²) in [5, 5.41) is 5.63. The highest BCUT2D eigenvalue weighted by atomic mass is 32.1. The summed E-state index contributed by atoms with van der Waals surface area (Å²) in [7, 11) is 1.67. The first kappa shape index (κ1) is 15.5. The van der Waals surface area contributed by atoms with Gasteiger partial charge in [0.25, 0.3) is 0 Å². The van der Waals surface area contributed by atoms with Crippen LogP contribution in [0.25, 0.3) is 22.4 Å². The fourth-order valence-corrected chi connectivity index (χ4v) is 3.05. The first-order chi connectivity index (χ1) is 11.1. The van der Waals surface area contributed by atoms with Crippen LogP contribution in [0.3, 0.4) is 0 Å². The molecule has 120 valence electrons. The number of thiazole rings is 1. The molecule has 0 saturated heterocycles. The summed E-state index contributed by atoms with van der Waals surface area (Å²) in [6.07, 6.45) is 1.36. The third-order valence-corrected chi connectivity index (χ3v) is 4.40. The van der Waals surface area contributed by atoms with Gasteiger partial charge in [-0.1, -0.05) is 13.0 Å². The molecule has 0 spiro atoms. The molecule has 1 amide bonds. The standard InChI is InChI=1S/C16H17N3O3S/c1-3-4-14(20)17-8-15-18-11(9-23-15)10-5-6-12-13(7-10)22-16(21)19(12)2/h5-7,9H,3-4,8H2,1-2H3,(H,17,20). The van der Waals surface area contributed by atoms with E-state index in [0.717, 1.165) is 28.2 Å². The van der Waals surface area contributed by atoms with Crippen molar-refractivity contribution >= 4 is 28.3 Å². The Morgan fingerprint density at radius 2 is 2.26 bits per heavy atom. The number of rotatable bonds is 5. The van der Waals surface area contributed by atoms with Crippen LogP contribution in [-0.4, -0.2) is 15.5 Å². The predicted molar refractivity (Wildman–Crippen MR) is 89.3 cm³/mol. The Labute approximate surface area is 136 Å². The topological polar surface area (TPSA) is 77.1 Å². The van der Waals surface area contributed by atoms with Gasteiger partial charge in [-0.25, -0.2) is 9.78 Å². The van der Waals surface area contributed by atoms with Crippen LogP contribution < -0.4 is 11.1 Å². The Hall–Kier alpha value is -2.41. The van der Waals surface area contributed by atoms with Crippen LogP contribution in [0.1, 0.15) is 24.8 Å². The largest absolute Gasteiger partial charge is 0.419 e. The third kappa shape index (κ3) is 3.19. The highest BCUT2D eigenvalue weighted by Crippen LogP contribution is 2.25. The quantitative estimate of drug-likeness (QED) is 0.780. The zero-order chi connectivity index (χ0) is 16.4. The van der Waals surface area contributed by atoms with Gasteiger partial charge in [-0.3, -0.25) is 9.36 Å². The molecule has 3 rings (SSSR count). The minimum absolute atomic E-state index is 0.0386. The van der Waals surface area contributed by atoms with Crippen LogP contribution >= 0.6 is 11.3 Å². The number of nitrogens with zero attached hydrogens (tertiary/aromatic N) is 2. The van der Waals surface area contributed by atoms with E-state index in [1.54, 1.807) is 7.05 Å². The molecular weight excluding hydrogens is 314 g/mol. The minimum atomic E-state index is -0.380. The smallest absolute Gasteiger partial charge is 0.408 e. The van der Waals surface area contributed by atoms with Gasteiger partial charge in [0.1, 0.15) is 5.01 Å². The molecule has 3 aromatic rings. The first-order valence-corrected chi connectivity index (χ1v) is 8.27. The van der Waals surface area contributed by atoms with Crippen molar-refractivity contribution in [3.8, 4) is 11.3 Å². The lowest BCUT2D eigenvalue weighted by molar-refractivity contribution is -0.121. The normalized spacial score (nSPS) is 11.0. The molecule has 6 nitrogen and oxygen atoms in total. The maximum atomic E-state index is 11.5. The molecule has 1 N–H and O–H groups in total. The summed E-state index contributed by atoms with van der Waals surface area (Å²) in [4.78, 5) is 27.6. The number of aromatic nitrogens is 2. The maximum absolute atomic E-state index is 11.5. The van der Waals surface area contributed by atoms with Crippen molar-refractivity contribution in [2.75, 3.05) is 0 Å². The van der Waals surface area contributed by atoms with Crippen molar-refractivity contribution in [2.45, 2.75) is 26.3 Å². The second-order valence-corrected chi connectivity index (χ2v) is 6.21. The molecule has 7 heteroatoms. The van der Waals surface area contributed by atoms with E-state index in [0.29, 0.717) is 18.5 Å². The van der Waals surface area contributed by atoms with Crippen molar-refractivity contribution in [3.63, 3.8) is 0 Å². The zero-order valence-electron chi connectivity index (χ0n) is 13.0. The van der Waals surface area contributed by atoms with Gasteiger partial charge in [-0.15, -0.1) is 11.3 Å². The van der Waals surface area contributed by atoms with Gasteiger partial charge < -0.3 is 9.73 Å². The molecule has 0 bridgehead atoms. The van der Waals surface area contributed by atoms with E-state index in [-0.39, 0.29) is 11.7 Å². The predicted octanol–water partition coefficient (Wildman–Crippen LogP) is 2.67. The number of hydrogen-bond acceptors (Lipinski definition) is 5. The number of nitrogens with one attached hydrogen (secondary N) is 1. The molecule has 0 radical (unpaired) electrons. The van der Waals surface area contributed by atoms with Crippen LogP contribution in [-0.2, 0) is 18.4 Å². The molecule has 0 aliphatic carbocycles. The number of fused-ring (bicyclic) bond motifs is 1. The third-order valence-electron chi connectivity index (χ3n) is 3.55. The van der Waals surface area contributed by atoms with E-state index < -0.39 is 0 Å². The van der Waals surface area contributed by atoms with Crippen molar-refractivity contribution in [1.82, 2.24) is 14.9 Å². The van der Waals surface area contributed by atoms with E-state index in [1.165, 1.54) is 15.9 Å². The molecule has 1 aromatic carbocycles. The second-order valence-electron chi connectivity index (χ2n) is 5.26. The number of amides is 1. The van der Waals surface area contributed by atoms with Crippen LogP contribution in [0, 0.1) is 0 Å². The number of oxazole rings is 1. The fraction of sp³-hybridized carbons (Fsp3) is 0.312. The summed E-state index contributed by atoms with van der Waals surface area (Å²) < 4.78 is 6.67. The average molecular weight is 331 g/mol. The molecule has 0 saturated carbocycles. The van der Waals surface area contributed by atoms with E-state index in [4.69, 9.17) is 4.42 Å². The Bertz CT molecular complexity index is 907. The molecule has 0 aliphatic rings. The number of benzene rings is 1. The summed E-state index contributed by atoms with van der Waals surface area (Å²) >= 11 is 1.49. The van der Waals surface area contributed by atoms with Crippen LogP contribution in [0.2, 0.25) is 0 Å². The van der Waals surface area contributed by atoms with Gasteiger partial charge >= 0.3 is 5.76 Å². The molecule has 2 aromatic heterocycles. The number of carbonyl (C=O) groups is 1. The van der Waals surface area contributed by atoms with Crippen molar-refractivity contribution in [2.24, 2.45) is 7.05 Å². The Morgan fingerprint density at radius 3 is 3.04 bits per heavy atom. The highest BCUT2D eigenvalue weighted by Gasteiger charge is 2.10. The fourth-order valence-electron chi connectivity index (χ4n) is 2.31. The van der Waals surface area contributed by atoms with E-state index in [1.807, 2.05) is 30.5 Å². The summed E-state index contributed by atoms with van der Waals surface area (Å²) in [6.45, 7) is 2.41. The molecule has 2 heterocycles. The SMILES string of the molecule is CCCC(=O)NCc1nc(-c2ccc3c(c2)oc(=O)n3C)cs1. The monoisotopic (exact) mass is 331 g/mol. The van der Waals surface area contributed by atoms with Gasteiger partial charge in [0.2, 0.25) is 5.91 Å². The van der Waals surface area contributed by atoms with Crippen LogP contribution in [0.5, 0.6) is 0 Å². The van der Waals surface area contributed by atoms with Gasteiger partial charge in [-0.05, 0) is 18.6 Å². The minimum Gasteiger partial charge on any atom is -0.408 e. The lowest BCUT2D eigenvalue weighted by Gasteiger charge is -2.01. The van der Waals surface area contributed by atoms with Crippen molar-refractivity contribution in [1.29, 1.82) is 0 Å². The lowest BCUT2D eigenvalue weighted by Crippen LogP contribution is -2.21. The van der Waals surface area contributed by atoms with Crippen LogP contribution in [0.4, 0.5) is 0 Å². The summed E-state index contributed by atoms with van der Waals surface area (Å²) in [5.74, 6) is -0.341. The van der Waals surface area contributed by atoms with Gasteiger partial charge in [0.15, 0.2) is 5.58 Å². The highest BCUT2D eigenvalue weighted by molar-refractivity contribution is 7.09. The molecular formula is C16H17N3O3S. The summed E-state index contributed by atoms with van der Waals surface area (Å²) in [5.41, 5.74) is 2.99. The van der Waals surface area contributed by atoms with Crippen molar-refractivity contribution in [3.05, 3.63) is 39.1 Å². The molecule has 23 heavy (non-hydrogen) atoms. The van der Waals surface area contributed by atoms with Crippen molar-refractivity contribution < 1.29 is 9.21 Å². The van der Waals surface area contributed by atoms with E-state index in [2.05, 4.69) is 10.3 Å². The zero-order valence-corrected chi connectivity index (χ0v) is 13.8. The maximum Gasteiger partial charge on any atom is 0.419 e. The lowest BCUT2D eigenvalue weighted by atomic mass is 10.1. The number of aryl methyl sites for hydroxylation is 1.